The summed E-state index contributed by atoms with van der Waals surface area (Å²) in [6.07, 6.45) is 4.38. The van der Waals surface area contributed by atoms with Crippen molar-refractivity contribution in [2.24, 2.45) is 0 Å². The average Bonchev–Trinajstić information content (AvgIpc) is 2.87. The second-order valence-electron chi connectivity index (χ2n) is 5.28. The SMILES string of the molecule is CCCCc1ccccc1NS(=O)(=O)c1cnn(CC)c1C. The zero-order valence-corrected chi connectivity index (χ0v) is 14.2. The summed E-state index contributed by atoms with van der Waals surface area (Å²) in [6, 6.07) is 7.55. The lowest BCUT2D eigenvalue weighted by Gasteiger charge is -2.12. The van der Waals surface area contributed by atoms with E-state index in [0.29, 0.717) is 17.9 Å². The minimum absolute atomic E-state index is 0.236. The summed E-state index contributed by atoms with van der Waals surface area (Å²) in [6.45, 7) is 6.47. The maximum absolute atomic E-state index is 12.6. The first-order chi connectivity index (χ1) is 10.5. The smallest absolute Gasteiger partial charge is 0.265 e. The molecule has 1 N–H and O–H groups in total. The van der Waals surface area contributed by atoms with Gasteiger partial charge in [0.05, 0.1) is 17.6 Å². The van der Waals surface area contributed by atoms with Crippen LogP contribution in [0.25, 0.3) is 0 Å². The van der Waals surface area contributed by atoms with Gasteiger partial charge < -0.3 is 0 Å². The molecule has 2 aromatic rings. The van der Waals surface area contributed by atoms with Crippen LogP contribution < -0.4 is 4.72 Å². The van der Waals surface area contributed by atoms with E-state index in [1.165, 1.54) is 6.20 Å². The Morgan fingerprint density at radius 3 is 2.59 bits per heavy atom. The van der Waals surface area contributed by atoms with Gasteiger partial charge in [-0.25, -0.2) is 8.42 Å². The number of aryl methyl sites for hydroxylation is 2. The third-order valence-electron chi connectivity index (χ3n) is 3.71. The summed E-state index contributed by atoms with van der Waals surface area (Å²) < 4.78 is 29.6. The monoisotopic (exact) mass is 321 g/mol. The second-order valence-corrected chi connectivity index (χ2v) is 6.93. The third kappa shape index (κ3) is 3.50. The quantitative estimate of drug-likeness (QED) is 0.850. The zero-order valence-electron chi connectivity index (χ0n) is 13.3. The molecule has 2 rings (SSSR count). The molecule has 0 unspecified atom stereocenters. The maximum Gasteiger partial charge on any atom is 0.265 e. The van der Waals surface area contributed by atoms with Crippen molar-refractivity contribution in [1.29, 1.82) is 0 Å². The van der Waals surface area contributed by atoms with E-state index in [-0.39, 0.29) is 4.90 Å². The van der Waals surface area contributed by atoms with Crippen LogP contribution >= 0.6 is 0 Å². The summed E-state index contributed by atoms with van der Waals surface area (Å²) in [5.41, 5.74) is 2.33. The fourth-order valence-corrected chi connectivity index (χ4v) is 3.70. The van der Waals surface area contributed by atoms with Gasteiger partial charge in [-0.15, -0.1) is 0 Å². The van der Waals surface area contributed by atoms with Gasteiger partial charge in [0.1, 0.15) is 4.90 Å². The third-order valence-corrected chi connectivity index (χ3v) is 5.18. The standard InChI is InChI=1S/C16H23N3O2S/c1-4-6-9-14-10-7-8-11-15(14)18-22(20,21)16-12-17-19(5-2)13(16)3/h7-8,10-12,18H,4-6,9H2,1-3H3. The van der Waals surface area contributed by atoms with Crippen molar-refractivity contribution in [2.45, 2.75) is 51.5 Å². The van der Waals surface area contributed by atoms with Gasteiger partial charge in [-0.1, -0.05) is 31.5 Å². The first-order valence-corrected chi connectivity index (χ1v) is 9.11. The Balaban J connectivity index is 2.31. The van der Waals surface area contributed by atoms with E-state index in [1.54, 1.807) is 11.6 Å². The topological polar surface area (TPSA) is 64.0 Å². The van der Waals surface area contributed by atoms with Crippen LogP contribution in [0.15, 0.2) is 35.4 Å². The Morgan fingerprint density at radius 2 is 1.95 bits per heavy atom. The van der Waals surface area contributed by atoms with Crippen LogP contribution in [-0.4, -0.2) is 18.2 Å². The Bertz CT molecular complexity index is 736. The molecule has 0 aliphatic heterocycles. The molecule has 0 saturated heterocycles. The number of nitrogens with one attached hydrogen (secondary N) is 1. The highest BCUT2D eigenvalue weighted by atomic mass is 32.2. The van der Waals surface area contributed by atoms with Gasteiger partial charge in [0.15, 0.2) is 0 Å². The first-order valence-electron chi connectivity index (χ1n) is 7.62. The molecule has 0 radical (unpaired) electrons. The molecule has 0 atom stereocenters. The highest BCUT2D eigenvalue weighted by Crippen LogP contribution is 2.23. The Kier molecular flexibility index (Phi) is 5.24. The molecule has 1 heterocycles. The van der Waals surface area contributed by atoms with E-state index in [2.05, 4.69) is 16.7 Å². The fourth-order valence-electron chi connectivity index (χ4n) is 2.42. The van der Waals surface area contributed by atoms with Gasteiger partial charge in [0, 0.05) is 6.54 Å². The van der Waals surface area contributed by atoms with E-state index < -0.39 is 10.0 Å². The molecule has 1 aromatic carbocycles. The minimum Gasteiger partial charge on any atom is -0.279 e. The molecule has 5 nitrogen and oxygen atoms in total. The number of hydrogen-bond donors (Lipinski definition) is 1. The number of aromatic nitrogens is 2. The minimum atomic E-state index is -3.61. The van der Waals surface area contributed by atoms with Crippen LogP contribution in [0.2, 0.25) is 0 Å². The van der Waals surface area contributed by atoms with Gasteiger partial charge >= 0.3 is 0 Å². The van der Waals surface area contributed by atoms with Crippen LogP contribution in [0.5, 0.6) is 0 Å². The Labute approximate surface area is 132 Å². The summed E-state index contributed by atoms with van der Waals surface area (Å²) in [7, 11) is -3.61. The predicted molar refractivity (Wildman–Crippen MR) is 88.5 cm³/mol. The lowest BCUT2D eigenvalue weighted by atomic mass is 10.1. The molecular formula is C16H23N3O2S. The molecule has 0 spiro atoms. The molecule has 0 amide bonds. The van der Waals surface area contributed by atoms with Gasteiger partial charge in [0.25, 0.3) is 10.0 Å². The van der Waals surface area contributed by atoms with E-state index in [0.717, 1.165) is 24.8 Å². The number of unbranched alkanes of at least 4 members (excludes halogenated alkanes) is 1. The van der Waals surface area contributed by atoms with Crippen LogP contribution in [0, 0.1) is 6.92 Å². The fraction of sp³-hybridized carbons (Fsp3) is 0.438. The number of sulfonamides is 1. The van der Waals surface area contributed by atoms with Crippen LogP contribution in [0.4, 0.5) is 5.69 Å². The lowest BCUT2D eigenvalue weighted by molar-refractivity contribution is 0.598. The molecule has 6 heteroatoms. The normalized spacial score (nSPS) is 11.6. The zero-order chi connectivity index (χ0) is 16.2. The maximum atomic E-state index is 12.6. The molecule has 120 valence electrons. The largest absolute Gasteiger partial charge is 0.279 e. The van der Waals surface area contributed by atoms with Crippen molar-refractivity contribution in [3.63, 3.8) is 0 Å². The molecular weight excluding hydrogens is 298 g/mol. The Hall–Kier alpha value is -1.82. The summed E-state index contributed by atoms with van der Waals surface area (Å²) >= 11 is 0. The van der Waals surface area contributed by atoms with E-state index in [4.69, 9.17) is 0 Å². The van der Waals surface area contributed by atoms with E-state index in [1.807, 2.05) is 31.2 Å². The number of benzene rings is 1. The molecule has 1 aromatic heterocycles. The van der Waals surface area contributed by atoms with Crippen molar-refractivity contribution >= 4 is 15.7 Å². The summed E-state index contributed by atoms with van der Waals surface area (Å²) in [4.78, 5) is 0.236. The molecule has 0 bridgehead atoms. The van der Waals surface area contributed by atoms with E-state index in [9.17, 15) is 8.42 Å². The van der Waals surface area contributed by atoms with Crippen molar-refractivity contribution in [3.05, 3.63) is 41.7 Å². The van der Waals surface area contributed by atoms with Crippen LogP contribution in [0.3, 0.4) is 0 Å². The molecule has 0 aliphatic rings. The second kappa shape index (κ2) is 6.96. The number of rotatable bonds is 7. The van der Waals surface area contributed by atoms with Crippen molar-refractivity contribution < 1.29 is 8.42 Å². The number of para-hydroxylation sites is 1. The van der Waals surface area contributed by atoms with Gasteiger partial charge in [-0.2, -0.15) is 5.10 Å². The summed E-state index contributed by atoms with van der Waals surface area (Å²) in [5.74, 6) is 0. The molecule has 22 heavy (non-hydrogen) atoms. The molecule has 0 aliphatic carbocycles. The lowest BCUT2D eigenvalue weighted by Crippen LogP contribution is -2.15. The highest BCUT2D eigenvalue weighted by Gasteiger charge is 2.21. The van der Waals surface area contributed by atoms with Crippen molar-refractivity contribution in [2.75, 3.05) is 4.72 Å². The molecule has 0 saturated carbocycles. The van der Waals surface area contributed by atoms with Gasteiger partial charge in [-0.05, 0) is 38.3 Å². The van der Waals surface area contributed by atoms with Gasteiger partial charge in [-0.3, -0.25) is 9.40 Å². The first kappa shape index (κ1) is 16.5. The number of hydrogen-bond acceptors (Lipinski definition) is 3. The molecule has 0 fully saturated rings. The highest BCUT2D eigenvalue weighted by molar-refractivity contribution is 7.92. The average molecular weight is 321 g/mol. The van der Waals surface area contributed by atoms with Crippen molar-refractivity contribution in [1.82, 2.24) is 9.78 Å². The summed E-state index contributed by atoms with van der Waals surface area (Å²) in [5, 5.41) is 4.11. The van der Waals surface area contributed by atoms with Crippen LogP contribution in [-0.2, 0) is 23.0 Å². The van der Waals surface area contributed by atoms with Crippen molar-refractivity contribution in [3.8, 4) is 0 Å². The van der Waals surface area contributed by atoms with Crippen LogP contribution in [0.1, 0.15) is 37.9 Å². The van der Waals surface area contributed by atoms with Gasteiger partial charge in [0.2, 0.25) is 0 Å². The number of nitrogens with zero attached hydrogens (tertiary/aromatic N) is 2. The number of anilines is 1. The predicted octanol–water partition coefficient (Wildman–Crippen LogP) is 3.35. The van der Waals surface area contributed by atoms with E-state index >= 15 is 0 Å². The Morgan fingerprint density at radius 1 is 1.23 bits per heavy atom.